The van der Waals surface area contributed by atoms with Gasteiger partial charge < -0.3 is 4.74 Å². The van der Waals surface area contributed by atoms with Crippen molar-refractivity contribution in [2.45, 2.75) is 46.0 Å². The molecular weight excluding hydrogens is 184 g/mol. The number of hydrogen-bond acceptors (Lipinski definition) is 1. The molecule has 0 aromatic heterocycles. The first kappa shape index (κ1) is 10.5. The largest absolute Gasteiger partial charge is 0.493 e. The second-order valence-corrected chi connectivity index (χ2v) is 4.99. The van der Waals surface area contributed by atoms with Crippen LogP contribution in [0.15, 0.2) is 12.1 Å². The fourth-order valence-corrected chi connectivity index (χ4v) is 2.20. The molecule has 1 aliphatic rings. The Morgan fingerprint density at radius 2 is 1.80 bits per heavy atom. The lowest BCUT2D eigenvalue weighted by Gasteiger charge is -2.15. The van der Waals surface area contributed by atoms with Crippen molar-refractivity contribution in [2.75, 3.05) is 6.61 Å². The van der Waals surface area contributed by atoms with E-state index in [1.165, 1.54) is 16.7 Å². The summed E-state index contributed by atoms with van der Waals surface area (Å²) < 4.78 is 5.68. The average molecular weight is 204 g/mol. The molecule has 0 atom stereocenters. The first-order chi connectivity index (χ1) is 7.09. The van der Waals surface area contributed by atoms with E-state index in [1.807, 2.05) is 0 Å². The summed E-state index contributed by atoms with van der Waals surface area (Å²) >= 11 is 0. The molecule has 1 heterocycles. The molecule has 0 unspecified atom stereocenters. The van der Waals surface area contributed by atoms with Crippen LogP contribution in [0.2, 0.25) is 0 Å². The summed E-state index contributed by atoms with van der Waals surface area (Å²) in [6.45, 7) is 9.86. The number of ether oxygens (including phenoxy) is 1. The van der Waals surface area contributed by atoms with Gasteiger partial charge in [0, 0.05) is 12.0 Å². The summed E-state index contributed by atoms with van der Waals surface area (Å²) in [5, 5.41) is 0. The zero-order chi connectivity index (χ0) is 11.0. The third kappa shape index (κ3) is 1.88. The van der Waals surface area contributed by atoms with Gasteiger partial charge in [-0.3, -0.25) is 0 Å². The molecular formula is C14H20O. The minimum absolute atomic E-state index is 0.581. The molecule has 0 fully saturated rings. The Balaban J connectivity index is 2.52. The van der Waals surface area contributed by atoms with Crippen LogP contribution >= 0.6 is 0 Å². The van der Waals surface area contributed by atoms with E-state index in [9.17, 15) is 0 Å². The summed E-state index contributed by atoms with van der Waals surface area (Å²) in [5.41, 5.74) is 4.32. The summed E-state index contributed by atoms with van der Waals surface area (Å²) in [6, 6.07) is 4.59. The van der Waals surface area contributed by atoms with Gasteiger partial charge in [0.2, 0.25) is 0 Å². The molecule has 0 saturated carbocycles. The predicted molar refractivity (Wildman–Crippen MR) is 63.8 cm³/mol. The minimum atomic E-state index is 0.581. The number of hydrogen-bond donors (Lipinski definition) is 0. The van der Waals surface area contributed by atoms with Crippen molar-refractivity contribution in [3.05, 3.63) is 28.8 Å². The standard InChI is InChI=1S/C14H20O/c1-9(2)11-7-13(10(3)4)12-5-6-15-14(12)8-11/h7-10H,5-6H2,1-4H3. The van der Waals surface area contributed by atoms with Crippen molar-refractivity contribution in [3.8, 4) is 5.75 Å². The molecule has 1 heteroatoms. The molecule has 1 aromatic carbocycles. The predicted octanol–water partition coefficient (Wildman–Crippen LogP) is 3.87. The van der Waals surface area contributed by atoms with E-state index >= 15 is 0 Å². The van der Waals surface area contributed by atoms with E-state index in [2.05, 4.69) is 39.8 Å². The molecule has 0 saturated heterocycles. The molecule has 2 rings (SSSR count). The highest BCUT2D eigenvalue weighted by molar-refractivity contribution is 5.48. The Labute approximate surface area is 92.5 Å². The van der Waals surface area contributed by atoms with E-state index in [0.29, 0.717) is 11.8 Å². The fourth-order valence-electron chi connectivity index (χ4n) is 2.20. The molecule has 0 N–H and O–H groups in total. The summed E-state index contributed by atoms with van der Waals surface area (Å²) in [4.78, 5) is 0. The van der Waals surface area contributed by atoms with E-state index < -0.39 is 0 Å². The van der Waals surface area contributed by atoms with E-state index in [-0.39, 0.29) is 0 Å². The highest BCUT2D eigenvalue weighted by atomic mass is 16.5. The van der Waals surface area contributed by atoms with Crippen LogP contribution in [0, 0.1) is 0 Å². The maximum absolute atomic E-state index is 5.68. The Kier molecular flexibility index (Phi) is 2.72. The van der Waals surface area contributed by atoms with Gasteiger partial charge >= 0.3 is 0 Å². The van der Waals surface area contributed by atoms with Gasteiger partial charge in [0.1, 0.15) is 5.75 Å². The van der Waals surface area contributed by atoms with Crippen molar-refractivity contribution in [1.29, 1.82) is 0 Å². The van der Waals surface area contributed by atoms with Crippen molar-refractivity contribution in [2.24, 2.45) is 0 Å². The van der Waals surface area contributed by atoms with E-state index in [4.69, 9.17) is 4.74 Å². The van der Waals surface area contributed by atoms with Crippen LogP contribution in [0.4, 0.5) is 0 Å². The van der Waals surface area contributed by atoms with Crippen molar-refractivity contribution < 1.29 is 4.74 Å². The lowest BCUT2D eigenvalue weighted by Crippen LogP contribution is -1.97. The molecule has 0 amide bonds. The molecule has 0 radical (unpaired) electrons. The van der Waals surface area contributed by atoms with Gasteiger partial charge in [0.15, 0.2) is 0 Å². The molecule has 15 heavy (non-hydrogen) atoms. The maximum Gasteiger partial charge on any atom is 0.123 e. The highest BCUT2D eigenvalue weighted by Gasteiger charge is 2.19. The molecule has 82 valence electrons. The molecule has 1 nitrogen and oxygen atoms in total. The Hall–Kier alpha value is -0.980. The molecule has 0 bridgehead atoms. The van der Waals surface area contributed by atoms with Gasteiger partial charge in [-0.2, -0.15) is 0 Å². The van der Waals surface area contributed by atoms with Gasteiger partial charge in [-0.1, -0.05) is 33.8 Å². The van der Waals surface area contributed by atoms with Crippen LogP contribution in [0.5, 0.6) is 5.75 Å². The lowest BCUT2D eigenvalue weighted by atomic mass is 9.90. The van der Waals surface area contributed by atoms with Gasteiger partial charge in [0.25, 0.3) is 0 Å². The first-order valence-electron chi connectivity index (χ1n) is 5.89. The zero-order valence-electron chi connectivity index (χ0n) is 10.1. The quantitative estimate of drug-likeness (QED) is 0.710. The zero-order valence-corrected chi connectivity index (χ0v) is 10.1. The SMILES string of the molecule is CC(C)c1cc2c(c(C(C)C)c1)CCO2. The molecule has 1 aromatic rings. The van der Waals surface area contributed by atoms with Crippen molar-refractivity contribution in [1.82, 2.24) is 0 Å². The summed E-state index contributed by atoms with van der Waals surface area (Å²) in [7, 11) is 0. The average Bonchev–Trinajstić information content (AvgIpc) is 2.62. The van der Waals surface area contributed by atoms with Crippen molar-refractivity contribution in [3.63, 3.8) is 0 Å². The molecule has 1 aliphatic heterocycles. The van der Waals surface area contributed by atoms with Crippen LogP contribution in [0.25, 0.3) is 0 Å². The monoisotopic (exact) mass is 204 g/mol. The van der Waals surface area contributed by atoms with Crippen LogP contribution in [0.1, 0.15) is 56.2 Å². The second-order valence-electron chi connectivity index (χ2n) is 4.99. The first-order valence-corrected chi connectivity index (χ1v) is 5.89. The second kappa shape index (κ2) is 3.88. The molecule has 0 aliphatic carbocycles. The number of rotatable bonds is 2. The number of fused-ring (bicyclic) bond motifs is 1. The Bertz CT molecular complexity index is 364. The van der Waals surface area contributed by atoms with Crippen LogP contribution in [0.3, 0.4) is 0 Å². The summed E-state index contributed by atoms with van der Waals surface area (Å²) in [5.74, 6) is 2.31. The number of benzene rings is 1. The minimum Gasteiger partial charge on any atom is -0.493 e. The smallest absolute Gasteiger partial charge is 0.123 e. The summed E-state index contributed by atoms with van der Waals surface area (Å²) in [6.07, 6.45) is 1.08. The maximum atomic E-state index is 5.68. The Morgan fingerprint density at radius 3 is 2.40 bits per heavy atom. The third-order valence-electron chi connectivity index (χ3n) is 3.16. The van der Waals surface area contributed by atoms with E-state index in [0.717, 1.165) is 18.8 Å². The van der Waals surface area contributed by atoms with Crippen LogP contribution in [-0.4, -0.2) is 6.61 Å². The van der Waals surface area contributed by atoms with Crippen LogP contribution < -0.4 is 4.74 Å². The van der Waals surface area contributed by atoms with Gasteiger partial charge in [-0.05, 0) is 29.0 Å². The normalized spacial score (nSPS) is 14.5. The van der Waals surface area contributed by atoms with Crippen LogP contribution in [-0.2, 0) is 6.42 Å². The van der Waals surface area contributed by atoms with Gasteiger partial charge in [-0.25, -0.2) is 0 Å². The molecule has 0 spiro atoms. The van der Waals surface area contributed by atoms with Gasteiger partial charge in [0.05, 0.1) is 6.61 Å². The Morgan fingerprint density at radius 1 is 1.07 bits per heavy atom. The van der Waals surface area contributed by atoms with E-state index in [1.54, 1.807) is 0 Å². The van der Waals surface area contributed by atoms with Crippen molar-refractivity contribution >= 4 is 0 Å². The van der Waals surface area contributed by atoms with Gasteiger partial charge in [-0.15, -0.1) is 0 Å². The third-order valence-corrected chi connectivity index (χ3v) is 3.16. The topological polar surface area (TPSA) is 9.23 Å². The highest BCUT2D eigenvalue weighted by Crippen LogP contribution is 2.35. The fraction of sp³-hybridized carbons (Fsp3) is 0.571. The lowest BCUT2D eigenvalue weighted by molar-refractivity contribution is 0.356.